The normalized spacial score (nSPS) is 10.6. The van der Waals surface area contributed by atoms with Crippen LogP contribution in [0.3, 0.4) is 0 Å². The van der Waals surface area contributed by atoms with Crippen LogP contribution in [0.2, 0.25) is 5.02 Å². The molecule has 0 amide bonds. The van der Waals surface area contributed by atoms with E-state index in [-0.39, 0.29) is 5.82 Å². The predicted molar refractivity (Wildman–Crippen MR) is 76.1 cm³/mol. The monoisotopic (exact) mass is 327 g/mol. The lowest BCUT2D eigenvalue weighted by molar-refractivity contribution is 0.587. The first kappa shape index (κ1) is 13.5. The van der Waals surface area contributed by atoms with E-state index in [9.17, 15) is 4.39 Å². The van der Waals surface area contributed by atoms with Crippen LogP contribution >= 0.6 is 27.5 Å². The van der Waals surface area contributed by atoms with Gasteiger partial charge >= 0.3 is 0 Å². The van der Waals surface area contributed by atoms with Crippen molar-refractivity contribution in [1.82, 2.24) is 5.32 Å². The number of halogens is 3. The Hall–Kier alpha value is -0.900. The fraction of sp³-hybridized carbons (Fsp3) is 0.143. The summed E-state index contributed by atoms with van der Waals surface area (Å²) in [5, 5.41) is 3.90. The van der Waals surface area contributed by atoms with Crippen molar-refractivity contribution < 1.29 is 4.39 Å². The Morgan fingerprint density at radius 2 is 1.94 bits per heavy atom. The van der Waals surface area contributed by atoms with Crippen LogP contribution in [-0.2, 0) is 13.1 Å². The zero-order valence-electron chi connectivity index (χ0n) is 9.59. The van der Waals surface area contributed by atoms with Gasteiger partial charge in [0.2, 0.25) is 0 Å². The first-order valence-electron chi connectivity index (χ1n) is 5.54. The third kappa shape index (κ3) is 3.80. The zero-order chi connectivity index (χ0) is 13.0. The Bertz CT molecular complexity index is 545. The Kier molecular flexibility index (Phi) is 4.75. The lowest BCUT2D eigenvalue weighted by Crippen LogP contribution is -2.13. The minimum absolute atomic E-state index is 0.197. The molecule has 0 saturated carbocycles. The van der Waals surface area contributed by atoms with Crippen molar-refractivity contribution in [3.05, 3.63) is 68.9 Å². The lowest BCUT2D eigenvalue weighted by atomic mass is 10.2. The van der Waals surface area contributed by atoms with Crippen molar-refractivity contribution in [2.24, 2.45) is 0 Å². The van der Waals surface area contributed by atoms with Crippen molar-refractivity contribution >= 4 is 27.5 Å². The van der Waals surface area contributed by atoms with E-state index in [1.54, 1.807) is 12.1 Å². The fourth-order valence-electron chi connectivity index (χ4n) is 1.67. The van der Waals surface area contributed by atoms with Gasteiger partial charge in [0, 0.05) is 28.1 Å². The van der Waals surface area contributed by atoms with Crippen LogP contribution < -0.4 is 5.32 Å². The van der Waals surface area contributed by atoms with E-state index in [0.29, 0.717) is 23.7 Å². The third-order valence-corrected chi connectivity index (χ3v) is 3.27. The van der Waals surface area contributed by atoms with Gasteiger partial charge in [-0.3, -0.25) is 0 Å². The first-order chi connectivity index (χ1) is 8.65. The second-order valence-electron chi connectivity index (χ2n) is 3.97. The van der Waals surface area contributed by atoms with Crippen molar-refractivity contribution in [2.75, 3.05) is 0 Å². The molecule has 1 nitrogen and oxygen atoms in total. The van der Waals surface area contributed by atoms with Crippen LogP contribution in [0, 0.1) is 5.82 Å². The first-order valence-corrected chi connectivity index (χ1v) is 6.71. The SMILES string of the molecule is Fc1ccc(Br)cc1CNCc1cccc(Cl)c1. The number of nitrogens with one attached hydrogen (secondary N) is 1. The Balaban J connectivity index is 1.94. The summed E-state index contributed by atoms with van der Waals surface area (Å²) in [5.41, 5.74) is 1.73. The van der Waals surface area contributed by atoms with Gasteiger partial charge in [-0.05, 0) is 35.9 Å². The molecule has 0 aromatic heterocycles. The topological polar surface area (TPSA) is 12.0 Å². The minimum Gasteiger partial charge on any atom is -0.309 e. The Morgan fingerprint density at radius 3 is 2.72 bits per heavy atom. The molecule has 0 bridgehead atoms. The third-order valence-electron chi connectivity index (χ3n) is 2.54. The van der Waals surface area contributed by atoms with Gasteiger partial charge < -0.3 is 5.32 Å². The predicted octanol–water partition coefficient (Wildman–Crippen LogP) is 4.53. The summed E-state index contributed by atoms with van der Waals surface area (Å²) in [4.78, 5) is 0. The molecular weight excluding hydrogens is 317 g/mol. The van der Waals surface area contributed by atoms with Crippen LogP contribution in [0.4, 0.5) is 4.39 Å². The highest BCUT2D eigenvalue weighted by Gasteiger charge is 2.02. The van der Waals surface area contributed by atoms with Crippen LogP contribution in [0.5, 0.6) is 0 Å². The largest absolute Gasteiger partial charge is 0.309 e. The molecule has 0 radical (unpaired) electrons. The van der Waals surface area contributed by atoms with E-state index in [4.69, 9.17) is 11.6 Å². The molecule has 4 heteroatoms. The summed E-state index contributed by atoms with van der Waals surface area (Å²) in [6, 6.07) is 12.5. The van der Waals surface area contributed by atoms with Crippen molar-refractivity contribution in [1.29, 1.82) is 0 Å². The second-order valence-corrected chi connectivity index (χ2v) is 5.32. The smallest absolute Gasteiger partial charge is 0.127 e. The van der Waals surface area contributed by atoms with Gasteiger partial charge in [0.15, 0.2) is 0 Å². The summed E-state index contributed by atoms with van der Waals surface area (Å²) in [6.07, 6.45) is 0. The molecule has 0 spiro atoms. The molecule has 2 aromatic rings. The molecule has 2 rings (SSSR count). The molecule has 0 aliphatic heterocycles. The van der Waals surface area contributed by atoms with Gasteiger partial charge in [0.1, 0.15) is 5.82 Å². The molecule has 0 heterocycles. The van der Waals surface area contributed by atoms with Gasteiger partial charge in [-0.2, -0.15) is 0 Å². The van der Waals surface area contributed by atoms with Gasteiger partial charge in [0.25, 0.3) is 0 Å². The Labute approximate surface area is 119 Å². The van der Waals surface area contributed by atoms with E-state index in [1.807, 2.05) is 24.3 Å². The quantitative estimate of drug-likeness (QED) is 0.869. The van der Waals surface area contributed by atoms with Gasteiger partial charge in [-0.1, -0.05) is 39.7 Å². The van der Waals surface area contributed by atoms with E-state index in [0.717, 1.165) is 10.0 Å². The highest BCUT2D eigenvalue weighted by molar-refractivity contribution is 9.10. The number of rotatable bonds is 4. The summed E-state index contributed by atoms with van der Waals surface area (Å²) in [5.74, 6) is -0.197. The van der Waals surface area contributed by atoms with Crippen molar-refractivity contribution in [3.63, 3.8) is 0 Å². The molecule has 94 valence electrons. The average Bonchev–Trinajstić information content (AvgIpc) is 2.34. The van der Waals surface area contributed by atoms with Crippen LogP contribution in [0.1, 0.15) is 11.1 Å². The van der Waals surface area contributed by atoms with Gasteiger partial charge in [-0.15, -0.1) is 0 Å². The van der Waals surface area contributed by atoms with E-state index >= 15 is 0 Å². The maximum atomic E-state index is 13.5. The molecule has 0 unspecified atom stereocenters. The molecule has 0 aliphatic rings. The molecule has 2 aromatic carbocycles. The van der Waals surface area contributed by atoms with Gasteiger partial charge in [-0.25, -0.2) is 4.39 Å². The summed E-state index contributed by atoms with van der Waals surface area (Å²) in [6.45, 7) is 1.14. The maximum absolute atomic E-state index is 13.5. The standard InChI is InChI=1S/C14H12BrClFN/c15-12-4-5-14(17)11(7-12)9-18-8-10-2-1-3-13(16)6-10/h1-7,18H,8-9H2. The Morgan fingerprint density at radius 1 is 1.11 bits per heavy atom. The minimum atomic E-state index is -0.197. The summed E-state index contributed by atoms with van der Waals surface area (Å²) in [7, 11) is 0. The van der Waals surface area contributed by atoms with Crippen molar-refractivity contribution in [2.45, 2.75) is 13.1 Å². The molecule has 0 atom stereocenters. The van der Waals surface area contributed by atoms with Gasteiger partial charge in [0.05, 0.1) is 0 Å². The van der Waals surface area contributed by atoms with Crippen LogP contribution in [-0.4, -0.2) is 0 Å². The molecule has 0 fully saturated rings. The highest BCUT2D eigenvalue weighted by atomic mass is 79.9. The number of hydrogen-bond donors (Lipinski definition) is 1. The summed E-state index contributed by atoms with van der Waals surface area (Å²) >= 11 is 9.22. The molecular formula is C14H12BrClFN. The molecule has 0 saturated heterocycles. The highest BCUT2D eigenvalue weighted by Crippen LogP contribution is 2.16. The molecule has 0 aliphatic carbocycles. The van der Waals surface area contributed by atoms with Crippen LogP contribution in [0.15, 0.2) is 46.9 Å². The van der Waals surface area contributed by atoms with Crippen LogP contribution in [0.25, 0.3) is 0 Å². The van der Waals surface area contributed by atoms with E-state index < -0.39 is 0 Å². The van der Waals surface area contributed by atoms with E-state index in [1.165, 1.54) is 6.07 Å². The van der Waals surface area contributed by atoms with E-state index in [2.05, 4.69) is 21.2 Å². The fourth-order valence-corrected chi connectivity index (χ4v) is 2.29. The zero-order valence-corrected chi connectivity index (χ0v) is 11.9. The average molecular weight is 329 g/mol. The summed E-state index contributed by atoms with van der Waals surface area (Å²) < 4.78 is 14.4. The molecule has 1 N–H and O–H groups in total. The maximum Gasteiger partial charge on any atom is 0.127 e. The number of hydrogen-bond acceptors (Lipinski definition) is 1. The second kappa shape index (κ2) is 6.32. The number of benzene rings is 2. The lowest BCUT2D eigenvalue weighted by Gasteiger charge is -2.07. The van der Waals surface area contributed by atoms with Crippen molar-refractivity contribution in [3.8, 4) is 0 Å². The molecule has 18 heavy (non-hydrogen) atoms.